The Morgan fingerprint density at radius 3 is 2.53 bits per heavy atom. The standard InChI is InChI=1S/C24H20N4O4/c1-13-11-19(14-5-2-3-6-15(14)22(13)30)27-26-18-8-4-7-16-17(18)12-28(24(16)32)20-9-10-21(29)25-23(20)31/h2-8,11,20,30H,9-10,12H2,1H3,(H,25,29,31)/b27-26+. The van der Waals surface area contributed by atoms with Gasteiger partial charge in [0.15, 0.2) is 0 Å². The monoisotopic (exact) mass is 428 g/mol. The summed E-state index contributed by atoms with van der Waals surface area (Å²) in [6, 6.07) is 13.7. The first-order chi connectivity index (χ1) is 15.4. The van der Waals surface area contributed by atoms with Crippen LogP contribution in [0, 0.1) is 6.92 Å². The molecule has 32 heavy (non-hydrogen) atoms. The van der Waals surface area contributed by atoms with Gasteiger partial charge in [0, 0.05) is 34.9 Å². The number of carbonyl (C=O) groups is 3. The first-order valence-electron chi connectivity index (χ1n) is 10.3. The number of nitrogens with one attached hydrogen (secondary N) is 1. The van der Waals surface area contributed by atoms with Gasteiger partial charge in [-0.25, -0.2) is 0 Å². The zero-order valence-electron chi connectivity index (χ0n) is 17.3. The molecular formula is C24H20N4O4. The largest absolute Gasteiger partial charge is 0.507 e. The molecule has 2 aliphatic heterocycles. The lowest BCUT2D eigenvalue weighted by Crippen LogP contribution is -2.52. The second kappa shape index (κ2) is 7.56. The summed E-state index contributed by atoms with van der Waals surface area (Å²) >= 11 is 0. The van der Waals surface area contributed by atoms with Gasteiger partial charge >= 0.3 is 0 Å². The molecule has 1 fully saturated rings. The maximum Gasteiger partial charge on any atom is 0.255 e. The number of aryl methyl sites for hydroxylation is 1. The van der Waals surface area contributed by atoms with E-state index in [4.69, 9.17) is 0 Å². The van der Waals surface area contributed by atoms with E-state index in [9.17, 15) is 19.5 Å². The molecule has 160 valence electrons. The maximum absolute atomic E-state index is 13.0. The average molecular weight is 428 g/mol. The van der Waals surface area contributed by atoms with Crippen molar-refractivity contribution in [1.29, 1.82) is 0 Å². The van der Waals surface area contributed by atoms with Crippen molar-refractivity contribution in [3.63, 3.8) is 0 Å². The molecule has 0 radical (unpaired) electrons. The fourth-order valence-corrected chi connectivity index (χ4v) is 4.33. The van der Waals surface area contributed by atoms with Crippen LogP contribution in [-0.2, 0) is 16.1 Å². The Morgan fingerprint density at radius 2 is 1.75 bits per heavy atom. The van der Waals surface area contributed by atoms with Gasteiger partial charge in [0.05, 0.1) is 11.4 Å². The number of azo groups is 1. The van der Waals surface area contributed by atoms with E-state index in [0.29, 0.717) is 39.9 Å². The number of hydrogen-bond donors (Lipinski definition) is 2. The molecule has 1 unspecified atom stereocenters. The molecule has 2 heterocycles. The number of rotatable bonds is 3. The Morgan fingerprint density at radius 1 is 1.00 bits per heavy atom. The third kappa shape index (κ3) is 3.20. The van der Waals surface area contributed by atoms with Crippen molar-refractivity contribution in [2.45, 2.75) is 32.4 Å². The Balaban J connectivity index is 1.49. The Kier molecular flexibility index (Phi) is 4.70. The van der Waals surface area contributed by atoms with E-state index in [1.807, 2.05) is 24.3 Å². The smallest absolute Gasteiger partial charge is 0.255 e. The van der Waals surface area contributed by atoms with E-state index >= 15 is 0 Å². The molecule has 0 spiro atoms. The highest BCUT2D eigenvalue weighted by molar-refractivity contribution is 6.06. The summed E-state index contributed by atoms with van der Waals surface area (Å²) < 4.78 is 0. The molecular weight excluding hydrogens is 408 g/mol. The van der Waals surface area contributed by atoms with Crippen LogP contribution < -0.4 is 5.32 Å². The number of carbonyl (C=O) groups excluding carboxylic acids is 3. The first kappa shape index (κ1) is 19.9. The van der Waals surface area contributed by atoms with Crippen LogP contribution in [-0.4, -0.2) is 33.8 Å². The summed E-state index contributed by atoms with van der Waals surface area (Å²) in [5.74, 6) is -0.805. The number of aromatic hydroxyl groups is 1. The van der Waals surface area contributed by atoms with Gasteiger partial charge in [0.25, 0.3) is 5.91 Å². The number of fused-ring (bicyclic) bond motifs is 2. The molecule has 0 aliphatic carbocycles. The Labute approximate surface area is 183 Å². The van der Waals surface area contributed by atoms with Crippen molar-refractivity contribution < 1.29 is 19.5 Å². The summed E-state index contributed by atoms with van der Waals surface area (Å²) in [5.41, 5.74) is 3.03. The van der Waals surface area contributed by atoms with Crippen molar-refractivity contribution in [1.82, 2.24) is 10.2 Å². The van der Waals surface area contributed by atoms with Gasteiger partial charge in [-0.3, -0.25) is 19.7 Å². The maximum atomic E-state index is 13.0. The molecule has 3 amide bonds. The van der Waals surface area contributed by atoms with Crippen LogP contribution in [0.25, 0.3) is 10.8 Å². The number of imide groups is 1. The van der Waals surface area contributed by atoms with Crippen LogP contribution in [0.4, 0.5) is 11.4 Å². The molecule has 8 heteroatoms. The topological polar surface area (TPSA) is 111 Å². The number of hydrogen-bond acceptors (Lipinski definition) is 6. The van der Waals surface area contributed by atoms with Gasteiger partial charge < -0.3 is 10.0 Å². The van der Waals surface area contributed by atoms with Crippen molar-refractivity contribution in [3.8, 4) is 5.75 Å². The fraction of sp³-hybridized carbons (Fsp3) is 0.208. The summed E-state index contributed by atoms with van der Waals surface area (Å²) in [6.07, 6.45) is 0.510. The van der Waals surface area contributed by atoms with Crippen LogP contribution >= 0.6 is 0 Å². The number of benzene rings is 3. The van der Waals surface area contributed by atoms with Crippen LogP contribution in [0.15, 0.2) is 58.8 Å². The van der Waals surface area contributed by atoms with Crippen LogP contribution in [0.3, 0.4) is 0 Å². The quantitative estimate of drug-likeness (QED) is 0.484. The Hall–Kier alpha value is -4.07. The molecule has 8 nitrogen and oxygen atoms in total. The highest BCUT2D eigenvalue weighted by Crippen LogP contribution is 2.38. The summed E-state index contributed by atoms with van der Waals surface area (Å²) in [7, 11) is 0. The molecule has 0 saturated carbocycles. The lowest BCUT2D eigenvalue weighted by atomic mass is 10.0. The minimum Gasteiger partial charge on any atom is -0.507 e. The zero-order valence-corrected chi connectivity index (χ0v) is 17.3. The molecule has 2 N–H and O–H groups in total. The lowest BCUT2D eigenvalue weighted by Gasteiger charge is -2.29. The van der Waals surface area contributed by atoms with E-state index in [1.165, 1.54) is 4.90 Å². The summed E-state index contributed by atoms with van der Waals surface area (Å²) in [6.45, 7) is 2.03. The molecule has 1 saturated heterocycles. The second-order valence-corrected chi connectivity index (χ2v) is 8.01. The highest BCUT2D eigenvalue weighted by atomic mass is 16.3. The van der Waals surface area contributed by atoms with E-state index in [1.54, 1.807) is 31.2 Å². The van der Waals surface area contributed by atoms with Gasteiger partial charge in [-0.05, 0) is 37.1 Å². The first-order valence-corrected chi connectivity index (χ1v) is 10.3. The lowest BCUT2D eigenvalue weighted by molar-refractivity contribution is -0.136. The van der Waals surface area contributed by atoms with Gasteiger partial charge in [0.1, 0.15) is 11.8 Å². The minimum absolute atomic E-state index is 0.205. The minimum atomic E-state index is -0.680. The van der Waals surface area contributed by atoms with E-state index < -0.39 is 11.9 Å². The predicted octanol–water partition coefficient (Wildman–Crippen LogP) is 4.03. The van der Waals surface area contributed by atoms with Crippen LogP contribution in [0.5, 0.6) is 5.75 Å². The average Bonchev–Trinajstić information content (AvgIpc) is 3.12. The summed E-state index contributed by atoms with van der Waals surface area (Å²) in [5, 5.41) is 23.0. The van der Waals surface area contributed by atoms with E-state index in [0.717, 1.165) is 5.39 Å². The predicted molar refractivity (Wildman–Crippen MR) is 117 cm³/mol. The molecule has 3 aromatic carbocycles. The van der Waals surface area contributed by atoms with Crippen molar-refractivity contribution in [3.05, 3.63) is 65.2 Å². The zero-order chi connectivity index (χ0) is 22.4. The molecule has 2 aliphatic rings. The summed E-state index contributed by atoms with van der Waals surface area (Å²) in [4.78, 5) is 38.2. The van der Waals surface area contributed by atoms with Gasteiger partial charge in [-0.15, -0.1) is 5.11 Å². The molecule has 5 rings (SSSR count). The van der Waals surface area contributed by atoms with Crippen LogP contribution in [0.2, 0.25) is 0 Å². The van der Waals surface area contributed by atoms with Crippen LogP contribution in [0.1, 0.15) is 34.3 Å². The van der Waals surface area contributed by atoms with Gasteiger partial charge in [-0.1, -0.05) is 30.3 Å². The number of phenols is 1. The van der Waals surface area contributed by atoms with Crippen molar-refractivity contribution in [2.24, 2.45) is 10.2 Å². The van der Waals surface area contributed by atoms with Crippen molar-refractivity contribution >= 4 is 39.9 Å². The number of piperidine rings is 1. The van der Waals surface area contributed by atoms with E-state index in [2.05, 4.69) is 15.5 Å². The fourth-order valence-electron chi connectivity index (χ4n) is 4.33. The molecule has 0 bridgehead atoms. The van der Waals surface area contributed by atoms with E-state index in [-0.39, 0.29) is 30.5 Å². The normalized spacial score (nSPS) is 18.5. The van der Waals surface area contributed by atoms with Crippen molar-refractivity contribution in [2.75, 3.05) is 0 Å². The molecule has 0 aromatic heterocycles. The Bertz CT molecular complexity index is 1330. The third-order valence-corrected chi connectivity index (χ3v) is 6.01. The number of phenolic OH excluding ortho intramolecular Hbond substituents is 1. The molecule has 3 aromatic rings. The number of amides is 3. The number of nitrogens with zero attached hydrogens (tertiary/aromatic N) is 3. The molecule has 1 atom stereocenters. The van der Waals surface area contributed by atoms with Gasteiger partial charge in [0.2, 0.25) is 11.8 Å². The SMILES string of the molecule is Cc1cc(/N=N/c2cccc3c2CN(C2CCC(=O)NC2=O)C3=O)c2ccccc2c1O. The third-order valence-electron chi connectivity index (χ3n) is 6.01. The highest BCUT2D eigenvalue weighted by Gasteiger charge is 2.39. The van der Waals surface area contributed by atoms with Gasteiger partial charge in [-0.2, -0.15) is 5.11 Å². The second-order valence-electron chi connectivity index (χ2n) is 8.01.